The fourth-order valence-electron chi connectivity index (χ4n) is 3.25. The van der Waals surface area contributed by atoms with Crippen LogP contribution in [0.1, 0.15) is 42.3 Å². The molecule has 6 nitrogen and oxygen atoms in total. The van der Waals surface area contributed by atoms with Gasteiger partial charge in [-0.25, -0.2) is 4.98 Å². The number of benzene rings is 1. The van der Waals surface area contributed by atoms with Gasteiger partial charge in [-0.05, 0) is 23.1 Å². The molecule has 0 unspecified atom stereocenters. The third-order valence-electron chi connectivity index (χ3n) is 4.98. The number of aromatic nitrogens is 1. The molecule has 1 aromatic carbocycles. The third kappa shape index (κ3) is 4.04. The Morgan fingerprint density at radius 2 is 1.68 bits per heavy atom. The molecular formula is C22H24N4O2. The van der Waals surface area contributed by atoms with Crippen LogP contribution in [0.15, 0.2) is 42.6 Å². The third-order valence-corrected chi connectivity index (χ3v) is 4.98. The van der Waals surface area contributed by atoms with Gasteiger partial charge in [-0.1, -0.05) is 45.0 Å². The number of hydrogen-bond acceptors (Lipinski definition) is 5. The summed E-state index contributed by atoms with van der Waals surface area (Å²) in [6.07, 6.45) is 1.65. The number of Topliss-reactive ketones (excluding diaryl/α,β-unsaturated/α-hetero) is 1. The molecular weight excluding hydrogens is 352 g/mol. The molecule has 0 radical (unpaired) electrons. The molecule has 3 rings (SSSR count). The second-order valence-electron chi connectivity index (χ2n) is 7.92. The maximum Gasteiger partial charge on any atom is 0.295 e. The van der Waals surface area contributed by atoms with Crippen LogP contribution in [0, 0.1) is 11.3 Å². The molecule has 1 saturated heterocycles. The minimum Gasteiger partial charge on any atom is -0.352 e. The summed E-state index contributed by atoms with van der Waals surface area (Å²) >= 11 is 0. The van der Waals surface area contributed by atoms with Crippen LogP contribution < -0.4 is 4.90 Å². The summed E-state index contributed by atoms with van der Waals surface area (Å²) in [6, 6.07) is 12.9. The van der Waals surface area contributed by atoms with Gasteiger partial charge in [0.2, 0.25) is 5.78 Å². The fourth-order valence-corrected chi connectivity index (χ4v) is 3.25. The van der Waals surface area contributed by atoms with E-state index >= 15 is 0 Å². The van der Waals surface area contributed by atoms with Gasteiger partial charge in [-0.3, -0.25) is 9.59 Å². The zero-order chi connectivity index (χ0) is 20.3. The van der Waals surface area contributed by atoms with Gasteiger partial charge >= 0.3 is 0 Å². The molecule has 0 bridgehead atoms. The lowest BCUT2D eigenvalue weighted by atomic mass is 9.86. The molecule has 2 heterocycles. The number of amides is 1. The second kappa shape index (κ2) is 7.81. The highest BCUT2D eigenvalue weighted by atomic mass is 16.2. The van der Waals surface area contributed by atoms with Crippen molar-refractivity contribution < 1.29 is 9.59 Å². The highest BCUT2D eigenvalue weighted by Crippen LogP contribution is 2.23. The van der Waals surface area contributed by atoms with E-state index in [0.717, 1.165) is 5.56 Å². The van der Waals surface area contributed by atoms with Gasteiger partial charge in [0.1, 0.15) is 11.9 Å². The van der Waals surface area contributed by atoms with Gasteiger partial charge < -0.3 is 9.80 Å². The summed E-state index contributed by atoms with van der Waals surface area (Å²) in [7, 11) is 0. The summed E-state index contributed by atoms with van der Waals surface area (Å²) in [4.78, 5) is 33.1. The molecule has 1 amide bonds. The summed E-state index contributed by atoms with van der Waals surface area (Å²) in [5.74, 6) is -0.338. The predicted molar refractivity (Wildman–Crippen MR) is 107 cm³/mol. The lowest BCUT2D eigenvalue weighted by Gasteiger charge is -2.35. The first-order chi connectivity index (χ1) is 13.3. The molecule has 0 spiro atoms. The zero-order valence-electron chi connectivity index (χ0n) is 16.5. The Balaban J connectivity index is 1.65. The van der Waals surface area contributed by atoms with Crippen molar-refractivity contribution in [2.45, 2.75) is 26.2 Å². The topological polar surface area (TPSA) is 77.3 Å². The van der Waals surface area contributed by atoms with Gasteiger partial charge in [0, 0.05) is 37.9 Å². The summed E-state index contributed by atoms with van der Waals surface area (Å²) in [6.45, 7) is 8.23. The van der Waals surface area contributed by atoms with Gasteiger partial charge in [-0.2, -0.15) is 5.26 Å². The lowest BCUT2D eigenvalue weighted by Crippen LogP contribution is -2.51. The van der Waals surface area contributed by atoms with Crippen molar-refractivity contribution in [3.8, 4) is 6.07 Å². The van der Waals surface area contributed by atoms with Crippen molar-refractivity contribution in [3.05, 3.63) is 59.3 Å². The number of ketones is 1. The normalized spacial score (nSPS) is 14.5. The van der Waals surface area contributed by atoms with Crippen LogP contribution in [0.3, 0.4) is 0 Å². The molecule has 1 aliphatic heterocycles. The molecule has 2 aromatic rings. The number of hydrogen-bond donors (Lipinski definition) is 0. The van der Waals surface area contributed by atoms with E-state index in [2.05, 4.69) is 31.8 Å². The van der Waals surface area contributed by atoms with E-state index < -0.39 is 11.7 Å². The molecule has 28 heavy (non-hydrogen) atoms. The minimum atomic E-state index is -0.482. The molecule has 0 saturated carbocycles. The average molecular weight is 376 g/mol. The van der Waals surface area contributed by atoms with Gasteiger partial charge in [0.25, 0.3) is 5.91 Å². The number of piperazine rings is 1. The number of pyridine rings is 1. The molecule has 1 fully saturated rings. The van der Waals surface area contributed by atoms with E-state index in [-0.39, 0.29) is 5.41 Å². The monoisotopic (exact) mass is 376 g/mol. The fraction of sp³-hybridized carbons (Fsp3) is 0.364. The summed E-state index contributed by atoms with van der Waals surface area (Å²) in [5, 5.41) is 9.23. The first-order valence-corrected chi connectivity index (χ1v) is 9.35. The molecule has 6 heteroatoms. The second-order valence-corrected chi connectivity index (χ2v) is 7.92. The maximum atomic E-state index is 12.6. The van der Waals surface area contributed by atoms with Crippen LogP contribution in [0.25, 0.3) is 0 Å². The Morgan fingerprint density at radius 1 is 1.04 bits per heavy atom. The van der Waals surface area contributed by atoms with Crippen LogP contribution in [-0.2, 0) is 10.2 Å². The highest BCUT2D eigenvalue weighted by Gasteiger charge is 2.28. The van der Waals surface area contributed by atoms with Crippen molar-refractivity contribution in [1.82, 2.24) is 9.88 Å². The number of rotatable bonds is 3. The smallest absolute Gasteiger partial charge is 0.295 e. The Bertz CT molecular complexity index is 915. The largest absolute Gasteiger partial charge is 0.352 e. The predicted octanol–water partition coefficient (Wildman–Crippen LogP) is 2.78. The van der Waals surface area contributed by atoms with E-state index in [0.29, 0.717) is 43.1 Å². The van der Waals surface area contributed by atoms with Crippen molar-refractivity contribution in [2.24, 2.45) is 0 Å². The van der Waals surface area contributed by atoms with Crippen LogP contribution in [0.5, 0.6) is 0 Å². The molecule has 0 atom stereocenters. The van der Waals surface area contributed by atoms with E-state index in [4.69, 9.17) is 0 Å². The standard InChI is InChI=1S/C22H24N4O2/c1-22(2,3)18-8-6-16(7-9-18)19(27)21(28)26-13-11-25(12-14-26)20-17(15-23)5-4-10-24-20/h4-10H,11-14H2,1-3H3. The summed E-state index contributed by atoms with van der Waals surface area (Å²) < 4.78 is 0. The average Bonchev–Trinajstić information content (AvgIpc) is 2.72. The number of carbonyl (C=O) groups excluding carboxylic acids is 2. The van der Waals surface area contributed by atoms with Crippen molar-refractivity contribution >= 4 is 17.5 Å². The summed E-state index contributed by atoms with van der Waals surface area (Å²) in [5.41, 5.74) is 2.04. The van der Waals surface area contributed by atoms with Crippen LogP contribution in [-0.4, -0.2) is 47.8 Å². The number of nitrogens with zero attached hydrogens (tertiary/aromatic N) is 4. The van der Waals surface area contributed by atoms with Crippen LogP contribution in [0.4, 0.5) is 5.82 Å². The Hall–Kier alpha value is -3.20. The van der Waals surface area contributed by atoms with Crippen molar-refractivity contribution in [2.75, 3.05) is 31.1 Å². The molecule has 0 N–H and O–H groups in total. The molecule has 1 aliphatic rings. The number of nitriles is 1. The van der Waals surface area contributed by atoms with E-state index in [1.807, 2.05) is 17.0 Å². The van der Waals surface area contributed by atoms with Crippen molar-refractivity contribution in [1.29, 1.82) is 5.26 Å². The van der Waals surface area contributed by atoms with E-state index in [1.54, 1.807) is 35.4 Å². The Kier molecular flexibility index (Phi) is 5.46. The van der Waals surface area contributed by atoms with Gasteiger partial charge in [0.15, 0.2) is 0 Å². The maximum absolute atomic E-state index is 12.6. The molecule has 144 valence electrons. The van der Waals surface area contributed by atoms with Gasteiger partial charge in [-0.15, -0.1) is 0 Å². The van der Waals surface area contributed by atoms with Crippen LogP contribution >= 0.6 is 0 Å². The quantitative estimate of drug-likeness (QED) is 0.608. The Labute approximate surface area is 165 Å². The lowest BCUT2D eigenvalue weighted by molar-refractivity contribution is -0.126. The van der Waals surface area contributed by atoms with E-state index in [9.17, 15) is 14.9 Å². The molecule has 0 aliphatic carbocycles. The minimum absolute atomic E-state index is 0.00430. The van der Waals surface area contributed by atoms with Gasteiger partial charge in [0.05, 0.1) is 5.56 Å². The zero-order valence-corrected chi connectivity index (χ0v) is 16.5. The first-order valence-electron chi connectivity index (χ1n) is 9.35. The van der Waals surface area contributed by atoms with Crippen molar-refractivity contribution in [3.63, 3.8) is 0 Å². The number of anilines is 1. The van der Waals surface area contributed by atoms with Crippen LogP contribution in [0.2, 0.25) is 0 Å². The Morgan fingerprint density at radius 3 is 2.25 bits per heavy atom. The number of carbonyl (C=O) groups is 2. The van der Waals surface area contributed by atoms with E-state index in [1.165, 1.54) is 0 Å². The molecule has 1 aromatic heterocycles. The highest BCUT2D eigenvalue weighted by molar-refractivity contribution is 6.42. The first kappa shape index (κ1) is 19.6. The SMILES string of the molecule is CC(C)(C)c1ccc(C(=O)C(=O)N2CCN(c3ncccc3C#N)CC2)cc1.